The van der Waals surface area contributed by atoms with Crippen LogP contribution in [0.2, 0.25) is 0 Å². The molecule has 3 N–H and O–H groups in total. The van der Waals surface area contributed by atoms with E-state index in [4.69, 9.17) is 5.73 Å². The Bertz CT molecular complexity index is 268. The fourth-order valence-corrected chi connectivity index (χ4v) is 1.39. The van der Waals surface area contributed by atoms with Gasteiger partial charge in [0.05, 0.1) is 5.54 Å². The van der Waals surface area contributed by atoms with E-state index in [2.05, 4.69) is 11.9 Å². The number of nitrogens with zero attached hydrogens (tertiary/aromatic N) is 1. The van der Waals surface area contributed by atoms with Crippen molar-refractivity contribution in [3.05, 3.63) is 24.6 Å². The summed E-state index contributed by atoms with van der Waals surface area (Å²) in [5.41, 5.74) is 5.45. The lowest BCUT2D eigenvalue weighted by atomic mass is 10.1. The van der Waals surface area contributed by atoms with Crippen molar-refractivity contribution in [3.8, 4) is 0 Å². The molecule has 1 rings (SSSR count). The van der Waals surface area contributed by atoms with Crippen LogP contribution in [0.4, 0.5) is 4.79 Å². The molecule has 1 fully saturated rings. The molecule has 1 aliphatic rings. The Hall–Kier alpha value is -1.45. The number of nitrogens with two attached hydrogens (primary N) is 1. The van der Waals surface area contributed by atoms with E-state index in [1.807, 2.05) is 13.8 Å². The number of urea groups is 1. The molecule has 0 radical (unpaired) electrons. The summed E-state index contributed by atoms with van der Waals surface area (Å²) in [6.07, 6.45) is 3.18. The smallest absolute Gasteiger partial charge is 0.323 e. The largest absolute Gasteiger partial charge is 0.385 e. The fourth-order valence-electron chi connectivity index (χ4n) is 1.39. The SMILES string of the molecule is C=C/C=C(\N)N1C(=O)NCC1(C)C. The molecule has 13 heavy (non-hydrogen) atoms. The number of allylic oxidation sites excluding steroid dienone is 2. The van der Waals surface area contributed by atoms with Gasteiger partial charge in [0.25, 0.3) is 0 Å². The van der Waals surface area contributed by atoms with Gasteiger partial charge in [-0.2, -0.15) is 0 Å². The second-order valence-electron chi connectivity index (χ2n) is 3.63. The maximum Gasteiger partial charge on any atom is 0.323 e. The van der Waals surface area contributed by atoms with Crippen LogP contribution >= 0.6 is 0 Å². The number of hydrogen-bond donors (Lipinski definition) is 2. The molecule has 2 amide bonds. The van der Waals surface area contributed by atoms with Gasteiger partial charge in [0.2, 0.25) is 0 Å². The van der Waals surface area contributed by atoms with E-state index in [0.717, 1.165) is 0 Å². The summed E-state index contributed by atoms with van der Waals surface area (Å²) in [7, 11) is 0. The van der Waals surface area contributed by atoms with Gasteiger partial charge < -0.3 is 11.1 Å². The topological polar surface area (TPSA) is 58.4 Å². The second kappa shape index (κ2) is 3.12. The number of rotatable bonds is 2. The maximum atomic E-state index is 11.4. The molecule has 1 saturated heterocycles. The molecule has 0 unspecified atom stereocenters. The minimum absolute atomic E-state index is 0.152. The zero-order valence-electron chi connectivity index (χ0n) is 8.00. The predicted molar refractivity (Wildman–Crippen MR) is 51.8 cm³/mol. The third-order valence-electron chi connectivity index (χ3n) is 2.03. The Morgan fingerprint density at radius 1 is 1.77 bits per heavy atom. The normalized spacial score (nSPS) is 21.5. The van der Waals surface area contributed by atoms with Crippen LogP contribution in [0, 0.1) is 0 Å². The fraction of sp³-hybridized carbons (Fsp3) is 0.444. The standard InChI is InChI=1S/C9H15N3O/c1-4-5-7(10)12-8(13)11-6-9(12,2)3/h4-5H,1,6,10H2,2-3H3,(H,11,13)/b7-5+. The van der Waals surface area contributed by atoms with Crippen LogP contribution in [-0.4, -0.2) is 23.0 Å². The van der Waals surface area contributed by atoms with Crippen molar-refractivity contribution in [1.29, 1.82) is 0 Å². The van der Waals surface area contributed by atoms with Crippen LogP contribution in [0.15, 0.2) is 24.6 Å². The van der Waals surface area contributed by atoms with E-state index in [1.165, 1.54) is 4.90 Å². The Morgan fingerprint density at radius 2 is 2.38 bits per heavy atom. The van der Waals surface area contributed by atoms with Gasteiger partial charge in [-0.25, -0.2) is 4.79 Å². The van der Waals surface area contributed by atoms with Gasteiger partial charge in [0.1, 0.15) is 5.82 Å². The van der Waals surface area contributed by atoms with Crippen LogP contribution < -0.4 is 11.1 Å². The molecular formula is C9H15N3O. The molecule has 0 aromatic heterocycles. The maximum absolute atomic E-state index is 11.4. The van der Waals surface area contributed by atoms with Gasteiger partial charge in [-0.3, -0.25) is 4.90 Å². The molecule has 0 bridgehead atoms. The van der Waals surface area contributed by atoms with Crippen molar-refractivity contribution in [2.24, 2.45) is 5.73 Å². The molecule has 0 atom stereocenters. The lowest BCUT2D eigenvalue weighted by molar-refractivity contribution is 0.200. The second-order valence-corrected chi connectivity index (χ2v) is 3.63. The third kappa shape index (κ3) is 1.66. The van der Waals surface area contributed by atoms with Crippen LogP contribution in [0.1, 0.15) is 13.8 Å². The first-order valence-corrected chi connectivity index (χ1v) is 4.15. The summed E-state index contributed by atoms with van der Waals surface area (Å²) in [4.78, 5) is 12.9. The van der Waals surface area contributed by atoms with Crippen molar-refractivity contribution in [3.63, 3.8) is 0 Å². The van der Waals surface area contributed by atoms with E-state index >= 15 is 0 Å². The molecule has 4 heteroatoms. The van der Waals surface area contributed by atoms with E-state index in [9.17, 15) is 4.79 Å². The van der Waals surface area contributed by atoms with Gasteiger partial charge in [-0.15, -0.1) is 0 Å². The van der Waals surface area contributed by atoms with E-state index < -0.39 is 0 Å². The molecule has 4 nitrogen and oxygen atoms in total. The van der Waals surface area contributed by atoms with Crippen molar-refractivity contribution < 1.29 is 4.79 Å². The molecule has 72 valence electrons. The van der Waals surface area contributed by atoms with Gasteiger partial charge >= 0.3 is 6.03 Å². The Morgan fingerprint density at radius 3 is 2.77 bits per heavy atom. The van der Waals surface area contributed by atoms with Crippen LogP contribution in [0.3, 0.4) is 0 Å². The average Bonchev–Trinajstić information content (AvgIpc) is 2.26. The highest BCUT2D eigenvalue weighted by Crippen LogP contribution is 2.21. The summed E-state index contributed by atoms with van der Waals surface area (Å²) in [5, 5.41) is 2.73. The number of carbonyl (C=O) groups is 1. The molecular weight excluding hydrogens is 166 g/mol. The molecule has 0 saturated carbocycles. The predicted octanol–water partition coefficient (Wildman–Crippen LogP) is 0.776. The summed E-state index contributed by atoms with van der Waals surface area (Å²) in [6.45, 7) is 8.04. The van der Waals surface area contributed by atoms with Gasteiger partial charge in [-0.05, 0) is 19.9 Å². The lowest BCUT2D eigenvalue weighted by Crippen LogP contribution is -2.43. The van der Waals surface area contributed by atoms with Crippen LogP contribution in [0.5, 0.6) is 0 Å². The highest BCUT2D eigenvalue weighted by molar-refractivity contribution is 5.79. The van der Waals surface area contributed by atoms with Crippen LogP contribution in [-0.2, 0) is 0 Å². The number of hydrogen-bond acceptors (Lipinski definition) is 2. The molecule has 0 aromatic carbocycles. The van der Waals surface area contributed by atoms with Crippen molar-refractivity contribution >= 4 is 6.03 Å². The highest BCUT2D eigenvalue weighted by atomic mass is 16.2. The van der Waals surface area contributed by atoms with Crippen LogP contribution in [0.25, 0.3) is 0 Å². The third-order valence-corrected chi connectivity index (χ3v) is 2.03. The highest BCUT2D eigenvalue weighted by Gasteiger charge is 2.38. The Labute approximate surface area is 78.1 Å². The van der Waals surface area contributed by atoms with E-state index in [-0.39, 0.29) is 11.6 Å². The quantitative estimate of drug-likeness (QED) is 0.618. The zero-order chi connectivity index (χ0) is 10.1. The molecule has 0 aromatic rings. The Kier molecular flexibility index (Phi) is 2.32. The van der Waals surface area contributed by atoms with Gasteiger partial charge in [-0.1, -0.05) is 12.7 Å². The minimum Gasteiger partial charge on any atom is -0.385 e. The summed E-state index contributed by atoms with van der Waals surface area (Å²) >= 11 is 0. The number of carbonyl (C=O) groups excluding carboxylic acids is 1. The van der Waals surface area contributed by atoms with Gasteiger partial charge in [0, 0.05) is 6.54 Å². The first kappa shape index (κ1) is 9.64. The summed E-state index contributed by atoms with van der Waals surface area (Å²) < 4.78 is 0. The molecule has 0 aliphatic carbocycles. The Balaban J connectivity index is 2.94. The van der Waals surface area contributed by atoms with E-state index in [1.54, 1.807) is 12.2 Å². The summed E-state index contributed by atoms with van der Waals surface area (Å²) in [6, 6.07) is -0.152. The molecule has 1 aliphatic heterocycles. The van der Waals surface area contributed by atoms with Crippen molar-refractivity contribution in [2.45, 2.75) is 19.4 Å². The molecule has 1 heterocycles. The first-order valence-electron chi connectivity index (χ1n) is 4.15. The minimum atomic E-state index is -0.263. The van der Waals surface area contributed by atoms with Crippen molar-refractivity contribution in [2.75, 3.05) is 6.54 Å². The first-order chi connectivity index (χ1) is 5.99. The zero-order valence-corrected chi connectivity index (χ0v) is 8.00. The average molecular weight is 181 g/mol. The summed E-state index contributed by atoms with van der Waals surface area (Å²) in [5.74, 6) is 0.426. The van der Waals surface area contributed by atoms with Crippen molar-refractivity contribution in [1.82, 2.24) is 10.2 Å². The van der Waals surface area contributed by atoms with E-state index in [0.29, 0.717) is 12.4 Å². The monoisotopic (exact) mass is 181 g/mol. The molecule has 0 spiro atoms. The lowest BCUT2D eigenvalue weighted by Gasteiger charge is -2.29. The number of amides is 2. The van der Waals surface area contributed by atoms with Gasteiger partial charge in [0.15, 0.2) is 0 Å². The number of nitrogens with one attached hydrogen (secondary N) is 1.